The Labute approximate surface area is 125 Å². The van der Waals surface area contributed by atoms with Gasteiger partial charge < -0.3 is 10.6 Å². The van der Waals surface area contributed by atoms with E-state index >= 15 is 0 Å². The van der Waals surface area contributed by atoms with Gasteiger partial charge in [0.1, 0.15) is 17.7 Å². The molecule has 1 aromatic rings. The van der Waals surface area contributed by atoms with Crippen LogP contribution in [0.15, 0.2) is 12.1 Å². The number of carbonyl (C=O) groups is 2. The first-order valence-corrected chi connectivity index (χ1v) is 6.94. The van der Waals surface area contributed by atoms with Crippen LogP contribution in [0.1, 0.15) is 30.1 Å². The number of nitrogens with two attached hydrogens (primary N) is 1. The lowest BCUT2D eigenvalue weighted by Gasteiger charge is -2.36. The molecule has 0 radical (unpaired) electrons. The Morgan fingerprint density at radius 2 is 2.00 bits per heavy atom. The maximum absolute atomic E-state index is 13.8. The molecule has 0 bridgehead atoms. The van der Waals surface area contributed by atoms with Crippen molar-refractivity contribution >= 4 is 23.4 Å². The molecule has 114 valence electrons. The first-order chi connectivity index (χ1) is 9.81. The minimum absolute atomic E-state index is 0.235. The summed E-state index contributed by atoms with van der Waals surface area (Å²) in [5, 5.41) is -0.400. The van der Waals surface area contributed by atoms with Gasteiger partial charge in [-0.2, -0.15) is 0 Å². The second-order valence-corrected chi connectivity index (χ2v) is 5.70. The summed E-state index contributed by atoms with van der Waals surface area (Å²) in [5.74, 6) is -2.97. The summed E-state index contributed by atoms with van der Waals surface area (Å²) in [4.78, 5) is 25.1. The lowest BCUT2D eigenvalue weighted by Crippen LogP contribution is -2.52. The number of primary amides is 1. The van der Waals surface area contributed by atoms with E-state index < -0.39 is 40.1 Å². The molecule has 0 aromatic heterocycles. The normalized spacial score (nSPS) is 22.2. The standard InChI is InChI=1S/C14H15ClF2N2O2/c1-7-2-3-19(12(4-7)13(18)20)14(21)8-5-11(17)9(15)6-10(8)16/h5-7,12H,2-4H2,1H3,(H2,18,20). The van der Waals surface area contributed by atoms with Gasteiger partial charge in [-0.15, -0.1) is 0 Å². The molecule has 1 fully saturated rings. The van der Waals surface area contributed by atoms with Crippen molar-refractivity contribution in [1.29, 1.82) is 0 Å². The first kappa shape index (κ1) is 15.7. The van der Waals surface area contributed by atoms with Gasteiger partial charge in [0.15, 0.2) is 0 Å². The summed E-state index contributed by atoms with van der Waals surface area (Å²) in [5.41, 5.74) is 4.86. The van der Waals surface area contributed by atoms with Crippen LogP contribution < -0.4 is 5.73 Å². The SMILES string of the molecule is CC1CCN(C(=O)c2cc(F)c(Cl)cc2F)C(C(N)=O)C1. The maximum atomic E-state index is 13.8. The molecule has 4 nitrogen and oxygen atoms in total. The number of likely N-dealkylation sites (tertiary alicyclic amines) is 1. The van der Waals surface area contributed by atoms with E-state index in [1.54, 1.807) is 0 Å². The number of hydrogen-bond donors (Lipinski definition) is 1. The average molecular weight is 317 g/mol. The van der Waals surface area contributed by atoms with E-state index in [1.807, 2.05) is 6.92 Å². The third-order valence-corrected chi connectivity index (χ3v) is 3.98. The van der Waals surface area contributed by atoms with E-state index in [4.69, 9.17) is 17.3 Å². The summed E-state index contributed by atoms with van der Waals surface area (Å²) in [6.45, 7) is 2.22. The predicted octanol–water partition coefficient (Wildman–Crippen LogP) is 2.34. The summed E-state index contributed by atoms with van der Waals surface area (Å²) in [6, 6.07) is 0.686. The van der Waals surface area contributed by atoms with Gasteiger partial charge in [-0.3, -0.25) is 9.59 Å². The molecule has 21 heavy (non-hydrogen) atoms. The van der Waals surface area contributed by atoms with E-state index in [0.717, 1.165) is 12.1 Å². The minimum Gasteiger partial charge on any atom is -0.368 e. The van der Waals surface area contributed by atoms with Gasteiger partial charge in [0.25, 0.3) is 5.91 Å². The van der Waals surface area contributed by atoms with E-state index in [2.05, 4.69) is 0 Å². The first-order valence-electron chi connectivity index (χ1n) is 6.56. The number of hydrogen-bond acceptors (Lipinski definition) is 2. The molecule has 2 atom stereocenters. The van der Waals surface area contributed by atoms with Crippen LogP contribution >= 0.6 is 11.6 Å². The molecule has 2 unspecified atom stereocenters. The van der Waals surface area contributed by atoms with Crippen molar-refractivity contribution in [3.05, 3.63) is 34.4 Å². The van der Waals surface area contributed by atoms with Gasteiger partial charge in [0.2, 0.25) is 5.91 Å². The molecular weight excluding hydrogens is 302 g/mol. The minimum atomic E-state index is -0.923. The molecule has 0 spiro atoms. The lowest BCUT2D eigenvalue weighted by atomic mass is 9.91. The molecule has 2 rings (SSSR count). The van der Waals surface area contributed by atoms with Crippen LogP contribution in [0, 0.1) is 17.6 Å². The molecule has 1 aliphatic heterocycles. The molecule has 1 heterocycles. The van der Waals surface area contributed by atoms with Crippen LogP contribution in [0.3, 0.4) is 0 Å². The highest BCUT2D eigenvalue weighted by Gasteiger charge is 2.35. The highest BCUT2D eigenvalue weighted by atomic mass is 35.5. The monoisotopic (exact) mass is 316 g/mol. The Hall–Kier alpha value is -1.69. The molecule has 7 heteroatoms. The summed E-state index contributed by atoms with van der Waals surface area (Å²) >= 11 is 5.46. The second kappa shape index (κ2) is 5.97. The molecule has 2 N–H and O–H groups in total. The molecular formula is C14H15ClF2N2O2. The number of piperidine rings is 1. The van der Waals surface area contributed by atoms with Crippen molar-refractivity contribution in [3.63, 3.8) is 0 Å². The predicted molar refractivity (Wildman–Crippen MR) is 73.8 cm³/mol. The van der Waals surface area contributed by atoms with E-state index in [9.17, 15) is 18.4 Å². The van der Waals surface area contributed by atoms with Crippen molar-refractivity contribution < 1.29 is 18.4 Å². The highest BCUT2D eigenvalue weighted by Crippen LogP contribution is 2.26. The molecule has 1 aliphatic rings. The summed E-state index contributed by atoms with van der Waals surface area (Å²) in [6.07, 6.45) is 1.09. The van der Waals surface area contributed by atoms with Gasteiger partial charge in [-0.1, -0.05) is 18.5 Å². The van der Waals surface area contributed by atoms with Crippen LogP contribution in [-0.4, -0.2) is 29.3 Å². The molecule has 0 saturated carbocycles. The van der Waals surface area contributed by atoms with Crippen LogP contribution in [-0.2, 0) is 4.79 Å². The number of carbonyl (C=O) groups excluding carboxylic acids is 2. The van der Waals surface area contributed by atoms with Crippen molar-refractivity contribution in [2.45, 2.75) is 25.8 Å². The second-order valence-electron chi connectivity index (χ2n) is 5.29. The Balaban J connectivity index is 2.34. The number of amides is 2. The Morgan fingerprint density at radius 1 is 1.33 bits per heavy atom. The molecule has 0 aliphatic carbocycles. The van der Waals surface area contributed by atoms with E-state index in [-0.39, 0.29) is 12.5 Å². The molecule has 2 amide bonds. The molecule has 1 aromatic carbocycles. The van der Waals surface area contributed by atoms with E-state index in [1.165, 1.54) is 4.90 Å². The zero-order chi connectivity index (χ0) is 15.7. The third kappa shape index (κ3) is 3.15. The van der Waals surface area contributed by atoms with Gasteiger partial charge in [-0.05, 0) is 30.9 Å². The smallest absolute Gasteiger partial charge is 0.257 e. The number of rotatable bonds is 2. The van der Waals surface area contributed by atoms with Crippen LogP contribution in [0.25, 0.3) is 0 Å². The van der Waals surface area contributed by atoms with Crippen molar-refractivity contribution in [2.75, 3.05) is 6.54 Å². The van der Waals surface area contributed by atoms with Gasteiger partial charge in [0, 0.05) is 6.54 Å². The number of nitrogens with zero attached hydrogens (tertiary/aromatic N) is 1. The van der Waals surface area contributed by atoms with Crippen molar-refractivity contribution in [2.24, 2.45) is 11.7 Å². The van der Waals surface area contributed by atoms with Crippen molar-refractivity contribution in [3.8, 4) is 0 Å². The average Bonchev–Trinajstić information content (AvgIpc) is 2.42. The third-order valence-electron chi connectivity index (χ3n) is 3.69. The zero-order valence-electron chi connectivity index (χ0n) is 11.4. The summed E-state index contributed by atoms with van der Waals surface area (Å²) in [7, 11) is 0. The molecule has 1 saturated heterocycles. The fourth-order valence-corrected chi connectivity index (χ4v) is 2.65. The van der Waals surface area contributed by atoms with Gasteiger partial charge >= 0.3 is 0 Å². The zero-order valence-corrected chi connectivity index (χ0v) is 12.2. The summed E-state index contributed by atoms with van der Waals surface area (Å²) < 4.78 is 27.3. The quantitative estimate of drug-likeness (QED) is 0.851. The fourth-order valence-electron chi connectivity index (χ4n) is 2.50. The topological polar surface area (TPSA) is 63.4 Å². The van der Waals surface area contributed by atoms with Crippen LogP contribution in [0.4, 0.5) is 8.78 Å². The van der Waals surface area contributed by atoms with E-state index in [0.29, 0.717) is 12.8 Å². The Kier molecular flexibility index (Phi) is 4.46. The maximum Gasteiger partial charge on any atom is 0.257 e. The van der Waals surface area contributed by atoms with Gasteiger partial charge in [0.05, 0.1) is 10.6 Å². The Morgan fingerprint density at radius 3 is 2.62 bits per heavy atom. The van der Waals surface area contributed by atoms with Gasteiger partial charge in [-0.25, -0.2) is 8.78 Å². The van der Waals surface area contributed by atoms with Crippen molar-refractivity contribution in [1.82, 2.24) is 4.90 Å². The fraction of sp³-hybridized carbons (Fsp3) is 0.429. The lowest BCUT2D eigenvalue weighted by molar-refractivity contribution is -0.124. The highest BCUT2D eigenvalue weighted by molar-refractivity contribution is 6.30. The largest absolute Gasteiger partial charge is 0.368 e. The number of halogens is 3. The number of benzene rings is 1. The van der Waals surface area contributed by atoms with Crippen LogP contribution in [0.5, 0.6) is 0 Å². The Bertz CT molecular complexity index is 595. The van der Waals surface area contributed by atoms with Crippen LogP contribution in [0.2, 0.25) is 5.02 Å².